The highest BCUT2D eigenvalue weighted by Crippen LogP contribution is 2.38. The molecule has 5 nitrogen and oxygen atoms in total. The van der Waals surface area contributed by atoms with Gasteiger partial charge in [0.25, 0.3) is 0 Å². The van der Waals surface area contributed by atoms with E-state index in [1.165, 1.54) is 0 Å². The van der Waals surface area contributed by atoms with Crippen molar-refractivity contribution in [2.75, 3.05) is 16.8 Å². The maximum atomic E-state index is 12.6. The fourth-order valence-electron chi connectivity index (χ4n) is 2.51. The third kappa shape index (κ3) is 2.52. The van der Waals surface area contributed by atoms with Gasteiger partial charge in [0.1, 0.15) is 5.69 Å². The molecular weight excluding hydrogens is 300 g/mol. The van der Waals surface area contributed by atoms with Gasteiger partial charge in [0.2, 0.25) is 11.2 Å². The molecule has 6 heteroatoms. The van der Waals surface area contributed by atoms with Crippen LogP contribution in [0.25, 0.3) is 0 Å². The molecule has 0 radical (unpaired) electrons. The topological polar surface area (TPSA) is 58.1 Å². The molecule has 1 aromatic heterocycles. The van der Waals surface area contributed by atoms with Gasteiger partial charge in [0, 0.05) is 12.2 Å². The van der Waals surface area contributed by atoms with Gasteiger partial charge in [-0.1, -0.05) is 25.1 Å². The van der Waals surface area contributed by atoms with E-state index in [0.717, 1.165) is 12.1 Å². The Labute approximate surface area is 134 Å². The molecule has 22 heavy (non-hydrogen) atoms. The summed E-state index contributed by atoms with van der Waals surface area (Å²) in [6.07, 6.45) is 2.28. The van der Waals surface area contributed by atoms with Crippen LogP contribution in [0.4, 0.5) is 17.2 Å². The molecule has 1 aromatic carbocycles. The molecule has 1 aliphatic rings. The Morgan fingerprint density at radius 2 is 2.09 bits per heavy atom. The molecule has 0 bridgehead atoms. The number of aromatic nitrogens is 2. The van der Waals surface area contributed by atoms with Gasteiger partial charge < -0.3 is 10.2 Å². The summed E-state index contributed by atoms with van der Waals surface area (Å²) in [7, 11) is 0. The summed E-state index contributed by atoms with van der Waals surface area (Å²) in [5.74, 6) is 0.595. The standard InChI is InChI=1S/C16H17ClN4O/c1-3-16(2)10-21(11-7-5-4-6-8-11)13-12(19-14(16)22)9-18-15(17)20-13/h4-9H,3,10H2,1-2H3,(H,19,22). The molecule has 0 saturated carbocycles. The van der Waals surface area contributed by atoms with E-state index in [0.29, 0.717) is 18.1 Å². The van der Waals surface area contributed by atoms with Crippen molar-refractivity contribution in [2.45, 2.75) is 20.3 Å². The molecule has 0 spiro atoms. The number of nitrogens with zero attached hydrogens (tertiary/aromatic N) is 3. The fraction of sp³-hybridized carbons (Fsp3) is 0.312. The Balaban J connectivity index is 2.17. The summed E-state index contributed by atoms with van der Waals surface area (Å²) >= 11 is 5.96. The number of benzene rings is 1. The SMILES string of the molecule is CCC1(C)CN(c2ccccc2)c2nc(Cl)ncc2NC1=O. The lowest BCUT2D eigenvalue weighted by Gasteiger charge is -2.31. The van der Waals surface area contributed by atoms with E-state index in [-0.39, 0.29) is 11.2 Å². The van der Waals surface area contributed by atoms with E-state index in [4.69, 9.17) is 11.6 Å². The predicted octanol–water partition coefficient (Wildman–Crippen LogP) is 3.64. The van der Waals surface area contributed by atoms with Crippen molar-refractivity contribution < 1.29 is 4.79 Å². The Morgan fingerprint density at radius 1 is 1.36 bits per heavy atom. The maximum absolute atomic E-state index is 12.6. The molecule has 0 saturated heterocycles. The number of halogens is 1. The molecule has 114 valence electrons. The van der Waals surface area contributed by atoms with E-state index < -0.39 is 5.41 Å². The van der Waals surface area contributed by atoms with Crippen molar-refractivity contribution in [3.8, 4) is 0 Å². The first-order valence-electron chi connectivity index (χ1n) is 7.20. The maximum Gasteiger partial charge on any atom is 0.232 e. The van der Waals surface area contributed by atoms with Crippen LogP contribution in [0.15, 0.2) is 36.5 Å². The first kappa shape index (κ1) is 14.8. The van der Waals surface area contributed by atoms with E-state index >= 15 is 0 Å². The second kappa shape index (κ2) is 5.57. The van der Waals surface area contributed by atoms with Gasteiger partial charge in [0.05, 0.1) is 11.6 Å². The fourth-order valence-corrected chi connectivity index (χ4v) is 2.64. The number of hydrogen-bond acceptors (Lipinski definition) is 4. The predicted molar refractivity (Wildman–Crippen MR) is 87.5 cm³/mol. The minimum atomic E-state index is -0.525. The number of nitrogens with one attached hydrogen (secondary N) is 1. The van der Waals surface area contributed by atoms with Crippen LogP contribution in [-0.2, 0) is 4.79 Å². The lowest BCUT2D eigenvalue weighted by molar-refractivity contribution is -0.124. The van der Waals surface area contributed by atoms with Crippen molar-refractivity contribution in [1.82, 2.24) is 9.97 Å². The van der Waals surface area contributed by atoms with Gasteiger partial charge in [-0.05, 0) is 37.1 Å². The van der Waals surface area contributed by atoms with Crippen molar-refractivity contribution in [3.63, 3.8) is 0 Å². The van der Waals surface area contributed by atoms with Crippen LogP contribution in [0, 0.1) is 5.41 Å². The molecule has 3 rings (SSSR count). The number of amides is 1. The summed E-state index contributed by atoms with van der Waals surface area (Å²) < 4.78 is 0. The van der Waals surface area contributed by atoms with Crippen LogP contribution >= 0.6 is 11.6 Å². The van der Waals surface area contributed by atoms with E-state index in [1.807, 2.05) is 49.1 Å². The summed E-state index contributed by atoms with van der Waals surface area (Å²) in [6.45, 7) is 4.50. The van der Waals surface area contributed by atoms with Crippen molar-refractivity contribution in [1.29, 1.82) is 0 Å². The average molecular weight is 317 g/mol. The molecule has 2 aromatic rings. The van der Waals surface area contributed by atoms with Crippen LogP contribution in [0.2, 0.25) is 5.28 Å². The summed E-state index contributed by atoms with van der Waals surface area (Å²) in [4.78, 5) is 22.9. The summed E-state index contributed by atoms with van der Waals surface area (Å²) in [5.41, 5.74) is 1.02. The van der Waals surface area contributed by atoms with Crippen LogP contribution in [0.1, 0.15) is 20.3 Å². The van der Waals surface area contributed by atoms with Gasteiger partial charge in [-0.2, -0.15) is 4.98 Å². The van der Waals surface area contributed by atoms with Crippen LogP contribution in [0.3, 0.4) is 0 Å². The molecular formula is C16H17ClN4O. The van der Waals surface area contributed by atoms with E-state index in [1.54, 1.807) is 6.20 Å². The highest BCUT2D eigenvalue weighted by molar-refractivity contribution is 6.28. The number of carbonyl (C=O) groups is 1. The molecule has 1 N–H and O–H groups in total. The second-order valence-electron chi connectivity index (χ2n) is 5.67. The van der Waals surface area contributed by atoms with Gasteiger partial charge in [-0.3, -0.25) is 4.79 Å². The third-order valence-corrected chi connectivity index (χ3v) is 4.33. The Morgan fingerprint density at radius 3 is 2.77 bits per heavy atom. The second-order valence-corrected chi connectivity index (χ2v) is 6.00. The van der Waals surface area contributed by atoms with Crippen LogP contribution in [-0.4, -0.2) is 22.4 Å². The highest BCUT2D eigenvalue weighted by atomic mass is 35.5. The summed E-state index contributed by atoms with van der Waals surface area (Å²) in [5, 5.41) is 3.09. The van der Waals surface area contributed by atoms with E-state index in [9.17, 15) is 4.79 Å². The Hall–Kier alpha value is -2.14. The van der Waals surface area contributed by atoms with E-state index in [2.05, 4.69) is 15.3 Å². The smallest absolute Gasteiger partial charge is 0.232 e. The number of fused-ring (bicyclic) bond motifs is 1. The molecule has 1 atom stereocenters. The number of rotatable bonds is 2. The largest absolute Gasteiger partial charge is 0.323 e. The average Bonchev–Trinajstić information content (AvgIpc) is 2.64. The van der Waals surface area contributed by atoms with Crippen molar-refractivity contribution in [3.05, 3.63) is 41.8 Å². The zero-order valence-electron chi connectivity index (χ0n) is 12.5. The molecule has 2 heterocycles. The lowest BCUT2D eigenvalue weighted by Crippen LogP contribution is -2.39. The zero-order chi connectivity index (χ0) is 15.7. The third-order valence-electron chi connectivity index (χ3n) is 4.15. The van der Waals surface area contributed by atoms with Crippen molar-refractivity contribution in [2.24, 2.45) is 5.41 Å². The lowest BCUT2D eigenvalue weighted by atomic mass is 9.86. The Bertz CT molecular complexity index is 707. The number of para-hydroxylation sites is 1. The van der Waals surface area contributed by atoms with Gasteiger partial charge in [-0.15, -0.1) is 0 Å². The van der Waals surface area contributed by atoms with Crippen molar-refractivity contribution >= 4 is 34.7 Å². The zero-order valence-corrected chi connectivity index (χ0v) is 13.3. The van der Waals surface area contributed by atoms with Crippen LogP contribution < -0.4 is 10.2 Å². The molecule has 1 amide bonds. The van der Waals surface area contributed by atoms with Gasteiger partial charge in [0.15, 0.2) is 5.82 Å². The van der Waals surface area contributed by atoms with Crippen LogP contribution in [0.5, 0.6) is 0 Å². The van der Waals surface area contributed by atoms with Gasteiger partial charge >= 0.3 is 0 Å². The first-order chi connectivity index (χ1) is 10.5. The Kier molecular flexibility index (Phi) is 3.74. The summed E-state index contributed by atoms with van der Waals surface area (Å²) in [6, 6.07) is 9.86. The molecule has 1 unspecified atom stereocenters. The number of carbonyl (C=O) groups excluding carboxylic acids is 1. The number of hydrogen-bond donors (Lipinski definition) is 1. The molecule has 0 aliphatic carbocycles. The molecule has 1 aliphatic heterocycles. The minimum Gasteiger partial charge on any atom is -0.323 e. The quantitative estimate of drug-likeness (QED) is 0.859. The van der Waals surface area contributed by atoms with Gasteiger partial charge in [-0.25, -0.2) is 4.98 Å². The normalized spacial score (nSPS) is 21.0. The molecule has 0 fully saturated rings. The number of anilines is 3. The minimum absolute atomic E-state index is 0.0272. The first-order valence-corrected chi connectivity index (χ1v) is 7.58. The monoisotopic (exact) mass is 316 g/mol. The highest BCUT2D eigenvalue weighted by Gasteiger charge is 2.38.